The van der Waals surface area contributed by atoms with E-state index in [4.69, 9.17) is 4.55 Å². The van der Waals surface area contributed by atoms with Gasteiger partial charge in [-0.15, -0.1) is 0 Å². The molecule has 2 aliphatic carbocycles. The van der Waals surface area contributed by atoms with E-state index in [0.717, 1.165) is 6.42 Å². The van der Waals surface area contributed by atoms with E-state index in [2.05, 4.69) is 0 Å². The Labute approximate surface area is 118 Å². The third kappa shape index (κ3) is 1.90. The quantitative estimate of drug-likeness (QED) is 0.581. The second-order valence-corrected chi connectivity index (χ2v) is 6.85. The van der Waals surface area contributed by atoms with E-state index < -0.39 is 21.3 Å². The first kappa shape index (κ1) is 14.6. The van der Waals surface area contributed by atoms with Crippen LogP contribution in [0.3, 0.4) is 0 Å². The van der Waals surface area contributed by atoms with Gasteiger partial charge in [-0.2, -0.15) is 8.42 Å². The van der Waals surface area contributed by atoms with Gasteiger partial charge >= 0.3 is 29.6 Å². The molecule has 16 heavy (non-hydrogen) atoms. The monoisotopic (exact) mass is 256 g/mol. The van der Waals surface area contributed by atoms with Crippen molar-refractivity contribution in [1.82, 2.24) is 0 Å². The molecule has 4 nitrogen and oxygen atoms in total. The van der Waals surface area contributed by atoms with Crippen molar-refractivity contribution in [2.75, 3.05) is 5.75 Å². The zero-order chi connectivity index (χ0) is 11.5. The van der Waals surface area contributed by atoms with Crippen LogP contribution >= 0.6 is 0 Å². The molecule has 0 amide bonds. The standard InChI is InChI=1S/C10H16O4S.Na.H/c1-9(2)7-3-4-10(9,8(11)5-7)6-15(12,13)14;;/h7H,3-6H2,1-2H3,(H,12,13,14);;. The number of carbonyl (C=O) groups is 1. The van der Waals surface area contributed by atoms with Crippen LogP contribution in [0.4, 0.5) is 0 Å². The third-order valence-corrected chi connectivity index (χ3v) is 5.43. The van der Waals surface area contributed by atoms with E-state index in [1.54, 1.807) is 0 Å². The molecule has 88 valence electrons. The Kier molecular flexibility index (Phi) is 3.71. The van der Waals surface area contributed by atoms with Crippen molar-refractivity contribution in [2.45, 2.75) is 33.1 Å². The number of Topliss-reactive ketones (excluding diaryl/α,β-unsaturated/α-hetero) is 1. The van der Waals surface area contributed by atoms with Crippen LogP contribution in [-0.4, -0.2) is 54.1 Å². The fraction of sp³-hybridized carbons (Fsp3) is 0.900. The van der Waals surface area contributed by atoms with Crippen molar-refractivity contribution >= 4 is 45.5 Å². The second-order valence-electron chi connectivity index (χ2n) is 5.39. The fourth-order valence-corrected chi connectivity index (χ4v) is 4.72. The second kappa shape index (κ2) is 4.05. The average molecular weight is 256 g/mol. The van der Waals surface area contributed by atoms with Gasteiger partial charge in [0.2, 0.25) is 0 Å². The van der Waals surface area contributed by atoms with E-state index in [9.17, 15) is 13.2 Å². The van der Waals surface area contributed by atoms with E-state index in [-0.39, 0.29) is 46.7 Å². The van der Waals surface area contributed by atoms with Crippen LogP contribution in [0.1, 0.15) is 33.1 Å². The van der Waals surface area contributed by atoms with Crippen LogP contribution < -0.4 is 0 Å². The summed E-state index contributed by atoms with van der Waals surface area (Å²) in [7, 11) is -4.08. The molecule has 0 aliphatic heterocycles. The van der Waals surface area contributed by atoms with Crippen molar-refractivity contribution in [3.63, 3.8) is 0 Å². The molecule has 0 heterocycles. The van der Waals surface area contributed by atoms with Crippen LogP contribution in [0, 0.1) is 16.7 Å². The van der Waals surface area contributed by atoms with Gasteiger partial charge < -0.3 is 0 Å². The normalized spacial score (nSPS) is 36.2. The number of fused-ring (bicyclic) bond motifs is 2. The van der Waals surface area contributed by atoms with Crippen LogP contribution in [-0.2, 0) is 14.9 Å². The van der Waals surface area contributed by atoms with E-state index in [0.29, 0.717) is 12.8 Å². The Balaban J connectivity index is 0.00000128. The molecular weight excluding hydrogens is 239 g/mol. The Morgan fingerprint density at radius 1 is 1.44 bits per heavy atom. The molecule has 1 N–H and O–H groups in total. The maximum absolute atomic E-state index is 11.9. The molecule has 0 aromatic heterocycles. The van der Waals surface area contributed by atoms with Crippen molar-refractivity contribution in [3.05, 3.63) is 0 Å². The molecule has 0 saturated heterocycles. The van der Waals surface area contributed by atoms with Gasteiger partial charge in [-0.1, -0.05) is 13.8 Å². The van der Waals surface area contributed by atoms with Gasteiger partial charge in [-0.05, 0) is 24.2 Å². The molecule has 2 aliphatic rings. The number of hydrogen-bond donors (Lipinski definition) is 1. The molecule has 0 spiro atoms. The summed E-state index contributed by atoms with van der Waals surface area (Å²) in [6, 6.07) is 0. The van der Waals surface area contributed by atoms with Crippen LogP contribution in [0.5, 0.6) is 0 Å². The summed E-state index contributed by atoms with van der Waals surface area (Å²) >= 11 is 0. The van der Waals surface area contributed by atoms with Crippen molar-refractivity contribution in [2.24, 2.45) is 16.7 Å². The van der Waals surface area contributed by atoms with Gasteiger partial charge in [0.05, 0.1) is 11.2 Å². The maximum atomic E-state index is 11.9. The first-order chi connectivity index (χ1) is 6.69. The number of ketones is 1. The van der Waals surface area contributed by atoms with Gasteiger partial charge in [-0.25, -0.2) is 0 Å². The third-order valence-electron chi connectivity index (χ3n) is 4.57. The van der Waals surface area contributed by atoms with Crippen LogP contribution in [0.2, 0.25) is 0 Å². The zero-order valence-electron chi connectivity index (χ0n) is 8.99. The van der Waals surface area contributed by atoms with Crippen LogP contribution in [0.25, 0.3) is 0 Å². The molecule has 2 bridgehead atoms. The fourth-order valence-electron chi connectivity index (χ4n) is 3.42. The predicted octanol–water partition coefficient (Wildman–Crippen LogP) is 0.621. The summed E-state index contributed by atoms with van der Waals surface area (Å²) in [5.74, 6) is -0.101. The molecule has 0 aromatic carbocycles. The zero-order valence-corrected chi connectivity index (χ0v) is 9.80. The Morgan fingerprint density at radius 3 is 2.31 bits per heavy atom. The average Bonchev–Trinajstić information content (AvgIpc) is 2.34. The number of hydrogen-bond acceptors (Lipinski definition) is 3. The SMILES string of the molecule is CC1(C)C2CCC1(CS(=O)(=O)O)C(=O)C2.[NaH]. The molecule has 6 heteroatoms. The Hall–Kier alpha value is 0.580. The van der Waals surface area contributed by atoms with Crippen molar-refractivity contribution in [3.8, 4) is 0 Å². The Morgan fingerprint density at radius 2 is 2.00 bits per heavy atom. The van der Waals surface area contributed by atoms with Gasteiger partial charge in [0, 0.05) is 6.42 Å². The number of rotatable bonds is 2. The molecule has 2 unspecified atom stereocenters. The summed E-state index contributed by atoms with van der Waals surface area (Å²) in [6.07, 6.45) is 1.97. The van der Waals surface area contributed by atoms with Gasteiger partial charge in [0.1, 0.15) is 5.78 Å². The molecule has 2 fully saturated rings. The molecule has 2 saturated carbocycles. The molecule has 0 aromatic rings. The topological polar surface area (TPSA) is 71.4 Å². The summed E-state index contributed by atoms with van der Waals surface area (Å²) in [5, 5.41) is 0. The summed E-state index contributed by atoms with van der Waals surface area (Å²) in [4.78, 5) is 11.9. The minimum atomic E-state index is -4.08. The van der Waals surface area contributed by atoms with Gasteiger partial charge in [0.15, 0.2) is 0 Å². The number of carbonyl (C=O) groups excluding carboxylic acids is 1. The van der Waals surface area contributed by atoms with E-state index >= 15 is 0 Å². The molecule has 0 radical (unpaired) electrons. The van der Waals surface area contributed by atoms with Crippen molar-refractivity contribution < 1.29 is 17.8 Å². The summed E-state index contributed by atoms with van der Waals surface area (Å²) in [6.45, 7) is 3.89. The van der Waals surface area contributed by atoms with Crippen molar-refractivity contribution in [1.29, 1.82) is 0 Å². The van der Waals surface area contributed by atoms with E-state index in [1.807, 2.05) is 13.8 Å². The first-order valence-electron chi connectivity index (χ1n) is 5.17. The van der Waals surface area contributed by atoms with Gasteiger partial charge in [0.25, 0.3) is 10.1 Å². The predicted molar refractivity (Wildman–Crippen MR) is 62.1 cm³/mol. The first-order valence-corrected chi connectivity index (χ1v) is 6.78. The minimum absolute atomic E-state index is 0. The van der Waals surface area contributed by atoms with E-state index in [1.165, 1.54) is 0 Å². The molecular formula is C10H17NaO4S. The molecule has 2 rings (SSSR count). The van der Waals surface area contributed by atoms with Gasteiger partial charge in [-0.3, -0.25) is 9.35 Å². The van der Waals surface area contributed by atoms with Crippen LogP contribution in [0.15, 0.2) is 0 Å². The summed E-state index contributed by atoms with van der Waals surface area (Å²) < 4.78 is 31.0. The summed E-state index contributed by atoms with van der Waals surface area (Å²) in [5.41, 5.74) is -1.12. The Bertz CT molecular complexity index is 415. The molecule has 2 atom stereocenters.